The summed E-state index contributed by atoms with van der Waals surface area (Å²) in [6.07, 6.45) is 4.43. The Morgan fingerprint density at radius 1 is 1.09 bits per heavy atom. The molecule has 5 N–H and O–H groups in total. The molecular formula is C25H21N5O4S. The first-order valence-corrected chi connectivity index (χ1v) is 12.1. The lowest BCUT2D eigenvalue weighted by Crippen LogP contribution is -2.22. The van der Waals surface area contributed by atoms with E-state index in [1.807, 2.05) is 47.2 Å². The van der Waals surface area contributed by atoms with Crippen LogP contribution in [0.1, 0.15) is 17.5 Å². The van der Waals surface area contributed by atoms with Gasteiger partial charge in [0.05, 0.1) is 22.0 Å². The van der Waals surface area contributed by atoms with Gasteiger partial charge in [-0.05, 0) is 24.6 Å². The Morgan fingerprint density at radius 3 is 2.71 bits per heavy atom. The Labute approximate surface area is 203 Å². The number of nitrogens with two attached hydrogens (primary N) is 1. The highest BCUT2D eigenvalue weighted by molar-refractivity contribution is 8.13. The number of para-hydroxylation sites is 1. The minimum absolute atomic E-state index is 0.0843. The van der Waals surface area contributed by atoms with Gasteiger partial charge in [-0.15, -0.1) is 0 Å². The SMILES string of the molecule is N=C(N)SCCCn1cc(C2=C(c3c[nH]c4ccccc34)C(=O)NC2=O)c2c3c(ccc21)OCO3. The van der Waals surface area contributed by atoms with Crippen LogP contribution in [0.5, 0.6) is 11.5 Å². The van der Waals surface area contributed by atoms with Crippen LogP contribution in [0.15, 0.2) is 48.8 Å². The summed E-state index contributed by atoms with van der Waals surface area (Å²) in [5.41, 5.74) is 9.14. The highest BCUT2D eigenvalue weighted by atomic mass is 32.2. The Kier molecular flexibility index (Phi) is 5.03. The second-order valence-electron chi connectivity index (χ2n) is 8.28. The number of benzene rings is 2. The number of rotatable bonds is 6. The summed E-state index contributed by atoms with van der Waals surface area (Å²) in [4.78, 5) is 29.4. The summed E-state index contributed by atoms with van der Waals surface area (Å²) >= 11 is 1.29. The Morgan fingerprint density at radius 2 is 1.89 bits per heavy atom. The van der Waals surface area contributed by atoms with Crippen LogP contribution >= 0.6 is 11.8 Å². The standard InChI is InChI=1S/C25H21N5O4S/c26-25(27)35-9-3-8-30-11-15(19-17(30)6-7-18-22(19)34-12-33-18)21-20(23(31)29-24(21)32)14-10-28-16-5-2-1-4-13(14)16/h1-2,4-7,10-11,28H,3,8-9,12H2,(H3,26,27)(H,29,31,32). The predicted octanol–water partition coefficient (Wildman–Crippen LogP) is 3.44. The van der Waals surface area contributed by atoms with Gasteiger partial charge in [-0.3, -0.25) is 20.3 Å². The first-order valence-electron chi connectivity index (χ1n) is 11.1. The second kappa shape index (κ2) is 8.24. The van der Waals surface area contributed by atoms with Crippen LogP contribution in [0.4, 0.5) is 0 Å². The third-order valence-corrected chi connectivity index (χ3v) is 7.04. The number of H-pyrrole nitrogens is 1. The number of hydrogen-bond acceptors (Lipinski definition) is 6. The van der Waals surface area contributed by atoms with Crippen LogP contribution in [-0.4, -0.2) is 39.1 Å². The van der Waals surface area contributed by atoms with Gasteiger partial charge in [0.25, 0.3) is 11.8 Å². The number of imide groups is 1. The number of amides is 2. The largest absolute Gasteiger partial charge is 0.454 e. The molecule has 4 aromatic rings. The lowest BCUT2D eigenvalue weighted by Gasteiger charge is -2.06. The van der Waals surface area contributed by atoms with Crippen LogP contribution in [0, 0.1) is 5.41 Å². The smallest absolute Gasteiger partial charge is 0.259 e. The van der Waals surface area contributed by atoms with Crippen molar-refractivity contribution in [2.75, 3.05) is 12.5 Å². The molecule has 2 aliphatic heterocycles. The van der Waals surface area contributed by atoms with Crippen molar-refractivity contribution in [2.45, 2.75) is 13.0 Å². The van der Waals surface area contributed by atoms with E-state index in [-0.39, 0.29) is 12.0 Å². The molecule has 0 spiro atoms. The van der Waals surface area contributed by atoms with Gasteiger partial charge in [0.15, 0.2) is 16.7 Å². The number of thioether (sulfide) groups is 1. The molecule has 0 saturated carbocycles. The van der Waals surface area contributed by atoms with Gasteiger partial charge < -0.3 is 24.8 Å². The quantitative estimate of drug-likeness (QED) is 0.142. The molecule has 9 nitrogen and oxygen atoms in total. The van der Waals surface area contributed by atoms with Crippen molar-refractivity contribution in [3.05, 3.63) is 59.9 Å². The number of aryl methyl sites for hydroxylation is 1. The lowest BCUT2D eigenvalue weighted by molar-refractivity contribution is -0.122. The van der Waals surface area contributed by atoms with Crippen molar-refractivity contribution >= 4 is 61.7 Å². The normalized spacial score (nSPS) is 15.0. The molecule has 0 aliphatic carbocycles. The predicted molar refractivity (Wildman–Crippen MR) is 135 cm³/mol. The number of carbonyl (C=O) groups is 2. The molecule has 0 atom stereocenters. The maximum absolute atomic E-state index is 13.2. The first-order chi connectivity index (χ1) is 17.0. The molecule has 35 heavy (non-hydrogen) atoms. The number of carbonyl (C=O) groups excluding carboxylic acids is 2. The van der Waals surface area contributed by atoms with E-state index in [4.69, 9.17) is 20.6 Å². The molecule has 2 amide bonds. The fraction of sp³-hybridized carbons (Fsp3) is 0.160. The summed E-state index contributed by atoms with van der Waals surface area (Å²) in [6.45, 7) is 0.732. The van der Waals surface area contributed by atoms with E-state index >= 15 is 0 Å². The summed E-state index contributed by atoms with van der Waals surface area (Å²) in [5, 5.41) is 11.6. The highest BCUT2D eigenvalue weighted by Gasteiger charge is 2.36. The number of hydrogen-bond donors (Lipinski definition) is 4. The van der Waals surface area contributed by atoms with Crippen LogP contribution in [0.2, 0.25) is 0 Å². The van der Waals surface area contributed by atoms with Crippen LogP contribution in [0.25, 0.3) is 33.0 Å². The minimum Gasteiger partial charge on any atom is -0.454 e. The Balaban J connectivity index is 1.56. The van der Waals surface area contributed by atoms with E-state index in [0.717, 1.165) is 28.2 Å². The molecule has 0 fully saturated rings. The fourth-order valence-electron chi connectivity index (χ4n) is 4.79. The van der Waals surface area contributed by atoms with Gasteiger partial charge in [-0.25, -0.2) is 0 Å². The average molecular weight is 488 g/mol. The second-order valence-corrected chi connectivity index (χ2v) is 9.41. The summed E-state index contributed by atoms with van der Waals surface area (Å²) in [6, 6.07) is 11.5. The molecular weight excluding hydrogens is 466 g/mol. The molecule has 2 aromatic heterocycles. The van der Waals surface area contributed by atoms with Crippen molar-refractivity contribution in [2.24, 2.45) is 5.73 Å². The highest BCUT2D eigenvalue weighted by Crippen LogP contribution is 2.46. The van der Waals surface area contributed by atoms with E-state index < -0.39 is 11.8 Å². The number of fused-ring (bicyclic) bond motifs is 4. The average Bonchev–Trinajstić information content (AvgIpc) is 3.60. The first kappa shape index (κ1) is 21.4. The van der Waals surface area contributed by atoms with Gasteiger partial charge in [0, 0.05) is 46.7 Å². The van der Waals surface area contributed by atoms with Crippen molar-refractivity contribution in [3.63, 3.8) is 0 Å². The minimum atomic E-state index is -0.446. The lowest BCUT2D eigenvalue weighted by atomic mass is 9.95. The molecule has 2 aliphatic rings. The van der Waals surface area contributed by atoms with Crippen molar-refractivity contribution in [1.29, 1.82) is 5.41 Å². The maximum Gasteiger partial charge on any atom is 0.259 e. The number of aromatic nitrogens is 2. The van der Waals surface area contributed by atoms with Crippen LogP contribution < -0.4 is 20.5 Å². The molecule has 0 bridgehead atoms. The fourth-order valence-corrected chi connectivity index (χ4v) is 5.28. The number of ether oxygens (including phenoxy) is 2. The number of aromatic amines is 1. The van der Waals surface area contributed by atoms with Gasteiger partial charge in [0.2, 0.25) is 6.79 Å². The summed E-state index contributed by atoms with van der Waals surface area (Å²) in [7, 11) is 0. The van der Waals surface area contributed by atoms with E-state index in [2.05, 4.69) is 10.3 Å². The van der Waals surface area contributed by atoms with Gasteiger partial charge in [-0.1, -0.05) is 30.0 Å². The molecule has 6 rings (SSSR count). The van der Waals surface area contributed by atoms with Gasteiger partial charge in [-0.2, -0.15) is 0 Å². The Bertz CT molecular complexity index is 1580. The van der Waals surface area contributed by atoms with E-state index in [9.17, 15) is 9.59 Å². The number of nitrogens with zero attached hydrogens (tertiary/aromatic N) is 1. The van der Waals surface area contributed by atoms with Gasteiger partial charge in [0.1, 0.15) is 0 Å². The molecule has 4 heterocycles. The third-order valence-electron chi connectivity index (χ3n) is 6.24. The molecule has 0 saturated heterocycles. The van der Waals surface area contributed by atoms with Crippen LogP contribution in [0.3, 0.4) is 0 Å². The molecule has 0 radical (unpaired) electrons. The number of amidine groups is 1. The molecule has 10 heteroatoms. The van der Waals surface area contributed by atoms with Gasteiger partial charge >= 0.3 is 0 Å². The molecule has 2 aromatic carbocycles. The maximum atomic E-state index is 13.2. The zero-order valence-electron chi connectivity index (χ0n) is 18.5. The van der Waals surface area contributed by atoms with E-state index in [1.165, 1.54) is 11.8 Å². The summed E-state index contributed by atoms with van der Waals surface area (Å²) in [5.74, 6) is 0.975. The van der Waals surface area contributed by atoms with Crippen LogP contribution in [-0.2, 0) is 16.1 Å². The monoisotopic (exact) mass is 487 g/mol. The van der Waals surface area contributed by atoms with Crippen molar-refractivity contribution in [3.8, 4) is 11.5 Å². The number of nitrogens with one attached hydrogen (secondary N) is 3. The summed E-state index contributed by atoms with van der Waals surface area (Å²) < 4.78 is 13.5. The van der Waals surface area contributed by atoms with Crippen molar-refractivity contribution < 1.29 is 19.1 Å². The zero-order valence-corrected chi connectivity index (χ0v) is 19.3. The topological polar surface area (TPSA) is 135 Å². The van der Waals surface area contributed by atoms with E-state index in [1.54, 1.807) is 6.20 Å². The van der Waals surface area contributed by atoms with E-state index in [0.29, 0.717) is 46.1 Å². The zero-order chi connectivity index (χ0) is 24.1. The third kappa shape index (κ3) is 3.45. The van der Waals surface area contributed by atoms with Crippen molar-refractivity contribution in [1.82, 2.24) is 14.9 Å². The molecule has 0 unspecified atom stereocenters. The molecule has 176 valence electrons. The Hall–Kier alpha value is -4.18.